The third-order valence-electron chi connectivity index (χ3n) is 2.89. The van der Waals surface area contributed by atoms with Crippen LogP contribution in [0.5, 0.6) is 0 Å². The van der Waals surface area contributed by atoms with Crippen molar-refractivity contribution < 1.29 is 14.3 Å². The third kappa shape index (κ3) is 4.56. The first-order valence-corrected chi connectivity index (χ1v) is 8.57. The number of halogens is 2. The number of nitrogens with one attached hydrogen (secondary N) is 1. The van der Waals surface area contributed by atoms with E-state index in [0.717, 1.165) is 11.3 Å². The molecule has 0 spiro atoms. The van der Waals surface area contributed by atoms with Gasteiger partial charge in [0.05, 0.1) is 12.3 Å². The molecule has 0 saturated heterocycles. The molecule has 0 saturated carbocycles. The Morgan fingerprint density at radius 1 is 1.33 bits per heavy atom. The summed E-state index contributed by atoms with van der Waals surface area (Å²) in [5.41, 5.74) is 1.06. The zero-order chi connectivity index (χ0) is 17.7. The van der Waals surface area contributed by atoms with Crippen LogP contribution in [0, 0.1) is 6.92 Å². The monoisotopic (exact) mass is 384 g/mol. The van der Waals surface area contributed by atoms with E-state index in [1.54, 1.807) is 32.0 Å². The van der Waals surface area contributed by atoms with Crippen LogP contribution >= 0.6 is 34.5 Å². The third-order valence-corrected chi connectivity index (χ3v) is 4.60. The molecule has 1 amide bonds. The number of aryl methyl sites for hydroxylation is 1. The molecule has 0 fully saturated rings. The van der Waals surface area contributed by atoms with E-state index in [1.165, 1.54) is 12.2 Å². The van der Waals surface area contributed by atoms with Crippen LogP contribution in [-0.4, -0.2) is 23.5 Å². The normalized spacial score (nSPS) is 10.8. The van der Waals surface area contributed by atoms with Gasteiger partial charge in [-0.15, -0.1) is 0 Å². The smallest absolute Gasteiger partial charge is 0.350 e. The van der Waals surface area contributed by atoms with Gasteiger partial charge in [0.1, 0.15) is 4.88 Å². The molecule has 8 heteroatoms. The van der Waals surface area contributed by atoms with Gasteiger partial charge >= 0.3 is 5.97 Å². The van der Waals surface area contributed by atoms with E-state index in [1.807, 2.05) is 0 Å². The number of rotatable bonds is 5. The highest BCUT2D eigenvalue weighted by molar-refractivity contribution is 7.17. The lowest BCUT2D eigenvalue weighted by Gasteiger charge is -2.01. The predicted molar refractivity (Wildman–Crippen MR) is 96.9 cm³/mol. The second kappa shape index (κ2) is 8.28. The lowest BCUT2D eigenvalue weighted by Crippen LogP contribution is -2.07. The van der Waals surface area contributed by atoms with Crippen molar-refractivity contribution in [2.75, 3.05) is 11.9 Å². The summed E-state index contributed by atoms with van der Waals surface area (Å²) >= 11 is 13.1. The van der Waals surface area contributed by atoms with Gasteiger partial charge < -0.3 is 4.74 Å². The van der Waals surface area contributed by atoms with Crippen LogP contribution in [0.1, 0.15) is 27.9 Å². The molecule has 0 radical (unpaired) electrons. The minimum Gasteiger partial charge on any atom is -0.462 e. The molecule has 1 aromatic heterocycles. The molecule has 1 N–H and O–H groups in total. The number of carbonyl (C=O) groups excluding carboxylic acids is 2. The summed E-state index contributed by atoms with van der Waals surface area (Å²) in [6.07, 6.45) is 2.82. The number of amides is 1. The number of hydrogen-bond acceptors (Lipinski definition) is 5. The van der Waals surface area contributed by atoms with E-state index in [9.17, 15) is 9.59 Å². The lowest BCUT2D eigenvalue weighted by molar-refractivity contribution is -0.111. The molecule has 24 heavy (non-hydrogen) atoms. The van der Waals surface area contributed by atoms with E-state index in [0.29, 0.717) is 31.3 Å². The number of thiazole rings is 1. The molecule has 5 nitrogen and oxygen atoms in total. The van der Waals surface area contributed by atoms with E-state index in [2.05, 4.69) is 10.3 Å². The summed E-state index contributed by atoms with van der Waals surface area (Å²) in [4.78, 5) is 28.2. The fraction of sp³-hybridized carbons (Fsp3) is 0.188. The average molecular weight is 385 g/mol. The Morgan fingerprint density at radius 2 is 2.00 bits per heavy atom. The van der Waals surface area contributed by atoms with Crippen LogP contribution in [0.4, 0.5) is 5.13 Å². The summed E-state index contributed by atoms with van der Waals surface area (Å²) in [7, 11) is 0. The molecule has 0 atom stereocenters. The highest BCUT2D eigenvalue weighted by atomic mass is 35.5. The second-order valence-corrected chi connectivity index (χ2v) is 6.43. The van der Waals surface area contributed by atoms with Gasteiger partial charge in [0.15, 0.2) is 5.13 Å². The predicted octanol–water partition coefficient (Wildman–Crippen LogP) is 4.59. The van der Waals surface area contributed by atoms with Crippen molar-refractivity contribution in [2.45, 2.75) is 13.8 Å². The van der Waals surface area contributed by atoms with Crippen molar-refractivity contribution >= 4 is 57.6 Å². The van der Waals surface area contributed by atoms with Gasteiger partial charge in [0, 0.05) is 21.7 Å². The van der Waals surface area contributed by atoms with Gasteiger partial charge in [0.2, 0.25) is 5.91 Å². The van der Waals surface area contributed by atoms with Gasteiger partial charge in [-0.2, -0.15) is 0 Å². The van der Waals surface area contributed by atoms with Gasteiger partial charge in [-0.3, -0.25) is 10.1 Å². The number of carbonyl (C=O) groups is 2. The summed E-state index contributed by atoms with van der Waals surface area (Å²) in [5, 5.41) is 3.80. The van der Waals surface area contributed by atoms with Gasteiger partial charge in [0.25, 0.3) is 0 Å². The Hall–Kier alpha value is -1.89. The van der Waals surface area contributed by atoms with Gasteiger partial charge in [-0.25, -0.2) is 9.78 Å². The second-order valence-electron chi connectivity index (χ2n) is 4.61. The van der Waals surface area contributed by atoms with E-state index < -0.39 is 11.9 Å². The molecule has 0 bridgehead atoms. The standard InChI is InChI=1S/C16H14Cl2N2O3S/c1-3-23-15(22)14-9(2)19-16(24-14)20-13(21)8-7-10-11(17)5-4-6-12(10)18/h4-8H,3H2,1-2H3,(H,19,20,21). The van der Waals surface area contributed by atoms with Crippen molar-refractivity contribution in [1.29, 1.82) is 0 Å². The fourth-order valence-corrected chi connectivity index (χ4v) is 3.20. The maximum atomic E-state index is 12.0. The Morgan fingerprint density at radius 3 is 2.62 bits per heavy atom. The maximum Gasteiger partial charge on any atom is 0.350 e. The first-order chi connectivity index (χ1) is 11.4. The Kier molecular flexibility index (Phi) is 6.36. The summed E-state index contributed by atoms with van der Waals surface area (Å²) < 4.78 is 4.93. The van der Waals surface area contributed by atoms with Crippen LogP contribution in [-0.2, 0) is 9.53 Å². The van der Waals surface area contributed by atoms with E-state index >= 15 is 0 Å². The molecule has 2 rings (SSSR count). The fourth-order valence-electron chi connectivity index (χ4n) is 1.81. The van der Waals surface area contributed by atoms with Crippen molar-refractivity contribution in [1.82, 2.24) is 4.98 Å². The lowest BCUT2D eigenvalue weighted by atomic mass is 10.2. The number of esters is 1. The Labute approximate surface area is 153 Å². The molecule has 1 aromatic carbocycles. The topological polar surface area (TPSA) is 68.3 Å². The van der Waals surface area contributed by atoms with Crippen LogP contribution in [0.3, 0.4) is 0 Å². The van der Waals surface area contributed by atoms with E-state index in [-0.39, 0.29) is 6.61 Å². The number of hydrogen-bond donors (Lipinski definition) is 1. The number of anilines is 1. The van der Waals surface area contributed by atoms with Crippen LogP contribution < -0.4 is 5.32 Å². The van der Waals surface area contributed by atoms with Crippen LogP contribution in [0.15, 0.2) is 24.3 Å². The van der Waals surface area contributed by atoms with E-state index in [4.69, 9.17) is 27.9 Å². The number of ether oxygens (including phenoxy) is 1. The average Bonchev–Trinajstić information content (AvgIpc) is 2.87. The Bertz CT molecular complexity index is 782. The van der Waals surface area contributed by atoms with Crippen molar-refractivity contribution in [3.8, 4) is 0 Å². The SMILES string of the molecule is CCOC(=O)c1sc(NC(=O)C=Cc2c(Cl)cccc2Cl)nc1C. The molecular weight excluding hydrogens is 371 g/mol. The molecule has 0 unspecified atom stereocenters. The largest absolute Gasteiger partial charge is 0.462 e. The molecule has 0 aliphatic carbocycles. The maximum absolute atomic E-state index is 12.0. The summed E-state index contributed by atoms with van der Waals surface area (Å²) in [5.74, 6) is -0.860. The zero-order valence-electron chi connectivity index (χ0n) is 12.9. The van der Waals surface area contributed by atoms with Crippen LogP contribution in [0.2, 0.25) is 10.0 Å². The summed E-state index contributed by atoms with van der Waals surface area (Å²) in [6, 6.07) is 5.08. The van der Waals surface area contributed by atoms with Crippen LogP contribution in [0.25, 0.3) is 6.08 Å². The molecule has 2 aromatic rings. The van der Waals surface area contributed by atoms with Crippen molar-refractivity contribution in [3.05, 3.63) is 50.5 Å². The molecule has 126 valence electrons. The van der Waals surface area contributed by atoms with Gasteiger partial charge in [-0.1, -0.05) is 40.6 Å². The summed E-state index contributed by atoms with van der Waals surface area (Å²) in [6.45, 7) is 3.68. The highest BCUT2D eigenvalue weighted by Crippen LogP contribution is 2.26. The highest BCUT2D eigenvalue weighted by Gasteiger charge is 2.17. The molecular formula is C16H14Cl2N2O3S. The molecule has 0 aliphatic heterocycles. The first-order valence-electron chi connectivity index (χ1n) is 7.00. The minimum atomic E-state index is -0.452. The Balaban J connectivity index is 2.09. The van der Waals surface area contributed by atoms with Crippen molar-refractivity contribution in [3.63, 3.8) is 0 Å². The molecule has 0 aliphatic rings. The molecule has 1 heterocycles. The van der Waals surface area contributed by atoms with Crippen molar-refractivity contribution in [2.24, 2.45) is 0 Å². The minimum absolute atomic E-state index is 0.277. The van der Waals surface area contributed by atoms with Gasteiger partial charge in [-0.05, 0) is 32.1 Å². The number of aromatic nitrogens is 1. The quantitative estimate of drug-likeness (QED) is 0.604. The number of benzene rings is 1. The first kappa shape index (κ1) is 18.4. The zero-order valence-corrected chi connectivity index (χ0v) is 15.3. The number of nitrogens with zero attached hydrogens (tertiary/aromatic N) is 1.